The van der Waals surface area contributed by atoms with Crippen molar-refractivity contribution in [2.75, 3.05) is 13.1 Å². The predicted octanol–water partition coefficient (Wildman–Crippen LogP) is 1.56. The fourth-order valence-corrected chi connectivity index (χ4v) is 1.87. The van der Waals surface area contributed by atoms with Gasteiger partial charge in [-0.15, -0.1) is 5.01 Å². The maximum atomic E-state index is 11.2. The van der Waals surface area contributed by atoms with Crippen molar-refractivity contribution in [1.29, 1.82) is 0 Å². The maximum absolute atomic E-state index is 11.2. The zero-order valence-corrected chi connectivity index (χ0v) is 8.14. The van der Waals surface area contributed by atoms with E-state index in [1.807, 2.05) is 0 Å². The molecule has 1 rings (SSSR count). The van der Waals surface area contributed by atoms with E-state index in [0.29, 0.717) is 16.8 Å². The summed E-state index contributed by atoms with van der Waals surface area (Å²) in [6.45, 7) is 5.73. The molecule has 5 nitrogen and oxygen atoms in total. The minimum atomic E-state index is 0.485. The van der Waals surface area contributed by atoms with Crippen LogP contribution in [0.4, 0.5) is 0 Å². The topological polar surface area (TPSA) is 50.9 Å². The quantitative estimate of drug-likeness (QED) is 0.373. The lowest BCUT2D eigenvalue weighted by Crippen LogP contribution is -2.42. The summed E-state index contributed by atoms with van der Waals surface area (Å²) in [6, 6.07) is 0. The molecule has 0 amide bonds. The highest BCUT2D eigenvalue weighted by atomic mass is 16.7. The van der Waals surface area contributed by atoms with E-state index in [2.05, 4.69) is 31.1 Å². The Kier molecular flexibility index (Phi) is 3.33. The molecule has 5 heteroatoms. The Morgan fingerprint density at radius 3 is 2.46 bits per heavy atom. The largest absolute Gasteiger partial charge is 0.569 e. The molecule has 0 aliphatic carbocycles. The van der Waals surface area contributed by atoms with Crippen LogP contribution in [-0.4, -0.2) is 23.1 Å². The maximum Gasteiger partial charge on any atom is 0.233 e. The van der Waals surface area contributed by atoms with E-state index >= 15 is 0 Å². The first-order chi connectivity index (χ1) is 6.13. The highest BCUT2D eigenvalue weighted by molar-refractivity contribution is 4.69. The number of rotatable bonds is 2. The lowest BCUT2D eigenvalue weighted by Gasteiger charge is -2.30. The first-order valence-electron chi connectivity index (χ1n) is 4.47. The van der Waals surface area contributed by atoms with Crippen LogP contribution in [-0.2, 0) is 4.84 Å². The van der Waals surface area contributed by atoms with Gasteiger partial charge in [-0.05, 0) is 18.3 Å². The van der Waals surface area contributed by atoms with Crippen LogP contribution in [0.25, 0.3) is 0 Å². The molecular weight excluding hydrogens is 170 g/mol. The van der Waals surface area contributed by atoms with Gasteiger partial charge in [0.15, 0.2) is 7.11 Å². The second-order valence-electron chi connectivity index (χ2n) is 3.78. The van der Waals surface area contributed by atoms with Crippen LogP contribution in [0.1, 0.15) is 20.3 Å². The fourth-order valence-electron chi connectivity index (χ4n) is 1.87. The molecule has 13 heavy (non-hydrogen) atoms. The molecule has 2 atom stereocenters. The van der Waals surface area contributed by atoms with Crippen molar-refractivity contribution >= 4 is 0 Å². The molecule has 1 aliphatic rings. The van der Waals surface area contributed by atoms with E-state index in [4.69, 9.17) is 0 Å². The molecule has 1 saturated heterocycles. The van der Waals surface area contributed by atoms with Gasteiger partial charge < -0.3 is 10.0 Å². The Bertz CT molecular complexity index is 186. The molecule has 0 aromatic carbocycles. The minimum absolute atomic E-state index is 0.485. The van der Waals surface area contributed by atoms with Crippen molar-refractivity contribution in [3.63, 3.8) is 0 Å². The van der Waals surface area contributed by atoms with Gasteiger partial charge in [0.2, 0.25) is 5.28 Å². The Balaban J connectivity index is 2.54. The molecule has 75 valence electrons. The van der Waals surface area contributed by atoms with Gasteiger partial charge in [0.25, 0.3) is 0 Å². The smallest absolute Gasteiger partial charge is 0.233 e. The Hall–Kier alpha value is -1.00. The molecule has 1 radical (unpaired) electrons. The zero-order chi connectivity index (χ0) is 9.84. The van der Waals surface area contributed by atoms with E-state index in [9.17, 15) is 5.21 Å². The number of hydrazine groups is 1. The summed E-state index contributed by atoms with van der Waals surface area (Å²) >= 11 is 0. The second-order valence-corrected chi connectivity index (χ2v) is 3.78. The normalized spacial score (nSPS) is 30.4. The summed E-state index contributed by atoms with van der Waals surface area (Å²) in [7, 11) is 3.02. The molecule has 0 saturated carbocycles. The van der Waals surface area contributed by atoms with Crippen molar-refractivity contribution in [1.82, 2.24) is 5.01 Å². The summed E-state index contributed by atoms with van der Waals surface area (Å²) in [4.78, 5) is 4.66. The number of hydrogen-bond acceptors (Lipinski definition) is 3. The Labute approximate surface area is 78.5 Å². The molecule has 1 heterocycles. The monoisotopic (exact) mass is 186 g/mol. The van der Waals surface area contributed by atoms with Gasteiger partial charge in [-0.1, -0.05) is 13.8 Å². The van der Waals surface area contributed by atoms with E-state index in [-0.39, 0.29) is 0 Å². The van der Waals surface area contributed by atoms with Crippen LogP contribution < -0.4 is 0 Å². The van der Waals surface area contributed by atoms with E-state index in [0.717, 1.165) is 19.5 Å². The number of piperidine rings is 1. The third-order valence-electron chi connectivity index (χ3n) is 2.22. The second kappa shape index (κ2) is 4.30. The summed E-state index contributed by atoms with van der Waals surface area (Å²) in [5, 5.41) is 16.0. The summed E-state index contributed by atoms with van der Waals surface area (Å²) in [5.41, 5.74) is 0. The van der Waals surface area contributed by atoms with Crippen LogP contribution in [0.2, 0.25) is 0 Å². The number of hydrogen-bond donors (Lipinski definition) is 0. The average Bonchev–Trinajstić information content (AvgIpc) is 2.03. The highest BCUT2D eigenvalue weighted by Gasteiger charge is 2.26. The Morgan fingerprint density at radius 2 is 2.00 bits per heavy atom. The molecule has 0 N–H and O–H groups in total. The average molecular weight is 186 g/mol. The van der Waals surface area contributed by atoms with Crippen molar-refractivity contribution in [2.24, 2.45) is 17.1 Å². The fraction of sp³-hybridized carbons (Fsp3) is 0.875. The zero-order valence-electron chi connectivity index (χ0n) is 8.14. The molecule has 0 bridgehead atoms. The van der Waals surface area contributed by atoms with Crippen molar-refractivity contribution in [3.05, 3.63) is 12.3 Å². The van der Waals surface area contributed by atoms with E-state index in [1.54, 1.807) is 5.01 Å². The van der Waals surface area contributed by atoms with Crippen LogP contribution in [0.3, 0.4) is 0 Å². The molecule has 2 unspecified atom stereocenters. The summed E-state index contributed by atoms with van der Waals surface area (Å²) in [5.74, 6) is 1.06. The Morgan fingerprint density at radius 1 is 1.46 bits per heavy atom. The summed E-state index contributed by atoms with van der Waals surface area (Å²) in [6.07, 6.45) is 1.16. The first kappa shape index (κ1) is 10.1. The molecule has 0 aromatic rings. The lowest BCUT2D eigenvalue weighted by molar-refractivity contribution is -0.713. The van der Waals surface area contributed by atoms with Crippen LogP contribution in [0.15, 0.2) is 5.28 Å². The first-order valence-corrected chi connectivity index (χ1v) is 4.47. The standard InChI is InChI=1S/C8H16N3O2/c1-7-4-8(2)6-10(5-7)11(12)9-13-3/h7-8H,3-6H2,1-2H3/b11-9-. The summed E-state index contributed by atoms with van der Waals surface area (Å²) < 4.78 is 0. The van der Waals surface area contributed by atoms with Crippen molar-refractivity contribution in [3.8, 4) is 0 Å². The van der Waals surface area contributed by atoms with Gasteiger partial charge in [0.05, 0.1) is 18.1 Å². The van der Waals surface area contributed by atoms with Gasteiger partial charge in [-0.25, -0.2) is 0 Å². The highest BCUT2D eigenvalue weighted by Crippen LogP contribution is 2.20. The SMILES string of the molecule is [CH2]O/N=[N+](\[O-])N1CC(C)CC(C)C1. The molecular formula is C8H16N3O2. The van der Waals surface area contributed by atoms with Crippen LogP contribution >= 0.6 is 0 Å². The number of nitrogens with zero attached hydrogens (tertiary/aromatic N) is 3. The van der Waals surface area contributed by atoms with Gasteiger partial charge in [-0.2, -0.15) is 0 Å². The van der Waals surface area contributed by atoms with Crippen molar-refractivity contribution < 1.29 is 9.81 Å². The van der Waals surface area contributed by atoms with E-state index < -0.39 is 0 Å². The van der Waals surface area contributed by atoms with Gasteiger partial charge >= 0.3 is 0 Å². The third-order valence-corrected chi connectivity index (χ3v) is 2.22. The third kappa shape index (κ3) is 2.75. The van der Waals surface area contributed by atoms with Gasteiger partial charge in [-0.3, -0.25) is 0 Å². The minimum Gasteiger partial charge on any atom is -0.569 e. The van der Waals surface area contributed by atoms with E-state index in [1.165, 1.54) is 0 Å². The molecule has 1 aliphatic heterocycles. The van der Waals surface area contributed by atoms with Crippen LogP contribution in [0, 0.1) is 24.2 Å². The lowest BCUT2D eigenvalue weighted by atomic mass is 9.93. The molecule has 1 fully saturated rings. The molecule has 0 aromatic heterocycles. The van der Waals surface area contributed by atoms with Crippen LogP contribution in [0.5, 0.6) is 0 Å². The molecule has 0 spiro atoms. The predicted molar refractivity (Wildman–Crippen MR) is 47.0 cm³/mol. The van der Waals surface area contributed by atoms with Crippen molar-refractivity contribution in [2.45, 2.75) is 20.3 Å². The van der Waals surface area contributed by atoms with Gasteiger partial charge in [0, 0.05) is 0 Å². The van der Waals surface area contributed by atoms with Gasteiger partial charge in [0.1, 0.15) is 0 Å².